The van der Waals surface area contributed by atoms with Gasteiger partial charge in [-0.1, -0.05) is 0 Å². The Morgan fingerprint density at radius 2 is 2.33 bits per heavy atom. The van der Waals surface area contributed by atoms with Crippen LogP contribution in [0.15, 0.2) is 18.3 Å². The number of anilines is 1. The molecule has 4 heteroatoms. The SMILES string of the molecule is ClCc1ccnc(N2CCCOCC2)c1. The molecule has 0 bridgehead atoms. The number of ether oxygens (including phenoxy) is 1. The largest absolute Gasteiger partial charge is 0.380 e. The molecule has 1 aromatic rings. The highest BCUT2D eigenvalue weighted by atomic mass is 35.5. The van der Waals surface area contributed by atoms with E-state index in [1.807, 2.05) is 12.3 Å². The van der Waals surface area contributed by atoms with Gasteiger partial charge in [-0.3, -0.25) is 0 Å². The quantitative estimate of drug-likeness (QED) is 0.722. The zero-order valence-corrected chi connectivity index (χ0v) is 9.41. The zero-order valence-electron chi connectivity index (χ0n) is 8.66. The van der Waals surface area contributed by atoms with Crippen LogP contribution in [0.3, 0.4) is 0 Å². The van der Waals surface area contributed by atoms with Crippen molar-refractivity contribution in [3.8, 4) is 0 Å². The second kappa shape index (κ2) is 5.33. The summed E-state index contributed by atoms with van der Waals surface area (Å²) in [5, 5.41) is 0. The van der Waals surface area contributed by atoms with E-state index >= 15 is 0 Å². The van der Waals surface area contributed by atoms with Crippen molar-refractivity contribution in [2.75, 3.05) is 31.2 Å². The summed E-state index contributed by atoms with van der Waals surface area (Å²) in [5.41, 5.74) is 1.12. The average Bonchev–Trinajstić information content (AvgIpc) is 2.58. The molecule has 0 atom stereocenters. The normalized spacial score (nSPS) is 17.5. The fourth-order valence-electron chi connectivity index (χ4n) is 1.69. The van der Waals surface area contributed by atoms with E-state index in [9.17, 15) is 0 Å². The van der Waals surface area contributed by atoms with Crippen LogP contribution in [0.4, 0.5) is 5.82 Å². The standard InChI is InChI=1S/C11H15ClN2O/c12-9-10-2-3-13-11(8-10)14-4-1-6-15-7-5-14/h2-3,8H,1,4-7,9H2. The topological polar surface area (TPSA) is 25.4 Å². The van der Waals surface area contributed by atoms with Gasteiger partial charge in [0.05, 0.1) is 6.61 Å². The Balaban J connectivity index is 2.12. The van der Waals surface area contributed by atoms with Gasteiger partial charge in [0, 0.05) is 31.8 Å². The molecule has 0 N–H and O–H groups in total. The van der Waals surface area contributed by atoms with Crippen LogP contribution in [-0.2, 0) is 10.6 Å². The van der Waals surface area contributed by atoms with Gasteiger partial charge in [-0.25, -0.2) is 4.98 Å². The molecule has 0 aromatic carbocycles. The predicted octanol–water partition coefficient (Wildman–Crippen LogP) is 2.05. The van der Waals surface area contributed by atoms with Crippen LogP contribution in [0.5, 0.6) is 0 Å². The van der Waals surface area contributed by atoms with Crippen molar-refractivity contribution in [1.29, 1.82) is 0 Å². The second-order valence-corrected chi connectivity index (χ2v) is 3.88. The average molecular weight is 227 g/mol. The number of aromatic nitrogens is 1. The van der Waals surface area contributed by atoms with E-state index in [4.69, 9.17) is 16.3 Å². The number of alkyl halides is 1. The molecule has 2 rings (SSSR count). The molecule has 0 aliphatic carbocycles. The summed E-state index contributed by atoms with van der Waals surface area (Å²) in [7, 11) is 0. The van der Waals surface area contributed by atoms with Crippen molar-refractivity contribution >= 4 is 17.4 Å². The molecular weight excluding hydrogens is 212 g/mol. The van der Waals surface area contributed by atoms with Crippen molar-refractivity contribution < 1.29 is 4.74 Å². The lowest BCUT2D eigenvalue weighted by Crippen LogP contribution is -2.26. The lowest BCUT2D eigenvalue weighted by atomic mass is 10.3. The fourth-order valence-corrected chi connectivity index (χ4v) is 1.86. The summed E-state index contributed by atoms with van der Waals surface area (Å²) >= 11 is 5.80. The summed E-state index contributed by atoms with van der Waals surface area (Å²) in [4.78, 5) is 6.62. The van der Waals surface area contributed by atoms with E-state index in [2.05, 4.69) is 16.0 Å². The van der Waals surface area contributed by atoms with Gasteiger partial charge in [-0.05, 0) is 24.1 Å². The van der Waals surface area contributed by atoms with Crippen LogP contribution in [-0.4, -0.2) is 31.3 Å². The van der Waals surface area contributed by atoms with E-state index in [0.717, 1.165) is 44.1 Å². The van der Waals surface area contributed by atoms with Gasteiger partial charge in [-0.15, -0.1) is 11.6 Å². The van der Waals surface area contributed by atoms with Crippen LogP contribution in [0.1, 0.15) is 12.0 Å². The molecule has 3 nitrogen and oxygen atoms in total. The summed E-state index contributed by atoms with van der Waals surface area (Å²) in [6.45, 7) is 3.57. The zero-order chi connectivity index (χ0) is 10.5. The molecule has 0 spiro atoms. The highest BCUT2D eigenvalue weighted by Gasteiger charge is 2.10. The number of nitrogens with zero attached hydrogens (tertiary/aromatic N) is 2. The van der Waals surface area contributed by atoms with Crippen molar-refractivity contribution in [1.82, 2.24) is 4.98 Å². The van der Waals surface area contributed by atoms with Gasteiger partial charge < -0.3 is 9.64 Å². The van der Waals surface area contributed by atoms with Gasteiger partial charge in [0.2, 0.25) is 0 Å². The van der Waals surface area contributed by atoms with Crippen LogP contribution < -0.4 is 4.90 Å². The predicted molar refractivity (Wildman–Crippen MR) is 61.4 cm³/mol. The van der Waals surface area contributed by atoms with Crippen molar-refractivity contribution in [2.45, 2.75) is 12.3 Å². The second-order valence-electron chi connectivity index (χ2n) is 3.61. The minimum absolute atomic E-state index is 0.542. The first-order valence-corrected chi connectivity index (χ1v) is 5.77. The van der Waals surface area contributed by atoms with Gasteiger partial charge in [0.25, 0.3) is 0 Å². The molecule has 82 valence electrons. The Morgan fingerprint density at radius 1 is 1.40 bits per heavy atom. The van der Waals surface area contributed by atoms with Crippen LogP contribution in [0.2, 0.25) is 0 Å². The first-order chi connectivity index (χ1) is 7.40. The molecule has 2 heterocycles. The smallest absolute Gasteiger partial charge is 0.128 e. The number of rotatable bonds is 2. The third kappa shape index (κ3) is 2.83. The van der Waals surface area contributed by atoms with E-state index < -0.39 is 0 Å². The number of hydrogen-bond acceptors (Lipinski definition) is 3. The number of halogens is 1. The number of hydrogen-bond donors (Lipinski definition) is 0. The lowest BCUT2D eigenvalue weighted by Gasteiger charge is -2.20. The van der Waals surface area contributed by atoms with Crippen molar-refractivity contribution in [3.63, 3.8) is 0 Å². The Hall–Kier alpha value is -0.800. The summed E-state index contributed by atoms with van der Waals surface area (Å²) in [6.07, 6.45) is 2.88. The Kier molecular flexibility index (Phi) is 3.80. The maximum absolute atomic E-state index is 5.80. The molecule has 0 radical (unpaired) electrons. The molecule has 1 aromatic heterocycles. The maximum atomic E-state index is 5.80. The van der Waals surface area contributed by atoms with Crippen molar-refractivity contribution in [3.05, 3.63) is 23.9 Å². The van der Waals surface area contributed by atoms with Gasteiger partial charge >= 0.3 is 0 Å². The molecule has 1 fully saturated rings. The molecule has 0 unspecified atom stereocenters. The third-order valence-corrected chi connectivity index (χ3v) is 2.82. The highest BCUT2D eigenvalue weighted by molar-refractivity contribution is 6.17. The summed E-state index contributed by atoms with van der Waals surface area (Å²) in [5.74, 6) is 1.55. The first kappa shape index (κ1) is 10.7. The number of pyridine rings is 1. The molecule has 1 aliphatic rings. The monoisotopic (exact) mass is 226 g/mol. The van der Waals surface area contributed by atoms with E-state index in [1.54, 1.807) is 0 Å². The minimum Gasteiger partial charge on any atom is -0.380 e. The summed E-state index contributed by atoms with van der Waals surface area (Å²) < 4.78 is 5.41. The van der Waals surface area contributed by atoms with Crippen LogP contribution >= 0.6 is 11.6 Å². The first-order valence-electron chi connectivity index (χ1n) is 5.24. The molecule has 1 aliphatic heterocycles. The van der Waals surface area contributed by atoms with E-state index in [0.29, 0.717) is 5.88 Å². The molecule has 0 amide bonds. The Bertz CT molecular complexity index is 311. The molecule has 15 heavy (non-hydrogen) atoms. The van der Waals surface area contributed by atoms with Gasteiger partial charge in [0.1, 0.15) is 5.82 Å². The molecular formula is C11H15ClN2O. The lowest BCUT2D eigenvalue weighted by molar-refractivity contribution is 0.152. The Morgan fingerprint density at radius 3 is 3.20 bits per heavy atom. The fraction of sp³-hybridized carbons (Fsp3) is 0.545. The van der Waals surface area contributed by atoms with Crippen LogP contribution in [0.25, 0.3) is 0 Å². The van der Waals surface area contributed by atoms with E-state index in [1.165, 1.54) is 0 Å². The molecule has 1 saturated heterocycles. The van der Waals surface area contributed by atoms with Gasteiger partial charge in [0.15, 0.2) is 0 Å². The minimum atomic E-state index is 0.542. The third-order valence-electron chi connectivity index (χ3n) is 2.51. The maximum Gasteiger partial charge on any atom is 0.128 e. The van der Waals surface area contributed by atoms with E-state index in [-0.39, 0.29) is 0 Å². The Labute approximate surface area is 95.0 Å². The van der Waals surface area contributed by atoms with Crippen LogP contribution in [0, 0.1) is 0 Å². The van der Waals surface area contributed by atoms with Crippen molar-refractivity contribution in [2.24, 2.45) is 0 Å². The summed E-state index contributed by atoms with van der Waals surface area (Å²) in [6, 6.07) is 4.00. The highest BCUT2D eigenvalue weighted by Crippen LogP contribution is 2.15. The van der Waals surface area contributed by atoms with Gasteiger partial charge in [-0.2, -0.15) is 0 Å². The molecule has 0 saturated carbocycles.